The smallest absolute Gasteiger partial charge is 0.0577 e. The second-order valence-electron chi connectivity index (χ2n) is 2.98. The Labute approximate surface area is 87.8 Å². The van der Waals surface area contributed by atoms with E-state index in [-0.39, 0.29) is 0 Å². The highest BCUT2D eigenvalue weighted by molar-refractivity contribution is 7.17. The third-order valence-corrected chi connectivity index (χ3v) is 2.93. The minimum Gasteiger partial charge on any atom is -0.309 e. The number of benzene rings is 1. The molecule has 0 aliphatic rings. The number of fused-ring (bicyclic) bond motifs is 1. The van der Waals surface area contributed by atoms with Crippen molar-refractivity contribution in [3.63, 3.8) is 0 Å². The second-order valence-corrected chi connectivity index (χ2v) is 3.89. The van der Waals surface area contributed by atoms with E-state index < -0.39 is 0 Å². The molecule has 0 spiro atoms. The van der Waals surface area contributed by atoms with Crippen molar-refractivity contribution < 1.29 is 0 Å². The minimum absolute atomic E-state index is 0.738. The van der Waals surface area contributed by atoms with Crippen LogP contribution in [-0.4, -0.2) is 13.6 Å². The monoisotopic (exact) mass is 201 g/mol. The van der Waals surface area contributed by atoms with E-state index in [4.69, 9.17) is 0 Å². The van der Waals surface area contributed by atoms with Crippen LogP contribution in [0.3, 0.4) is 0 Å². The van der Waals surface area contributed by atoms with E-state index in [1.807, 2.05) is 7.05 Å². The van der Waals surface area contributed by atoms with Gasteiger partial charge in [0.2, 0.25) is 0 Å². The van der Waals surface area contributed by atoms with Gasteiger partial charge in [0.25, 0.3) is 0 Å². The molecular formula is C12H11NS. The first-order chi connectivity index (χ1) is 6.92. The van der Waals surface area contributed by atoms with Crippen LogP contribution in [0.2, 0.25) is 0 Å². The first-order valence-electron chi connectivity index (χ1n) is 4.51. The van der Waals surface area contributed by atoms with Gasteiger partial charge in [0.15, 0.2) is 0 Å². The second kappa shape index (κ2) is 4.28. The van der Waals surface area contributed by atoms with E-state index in [9.17, 15) is 0 Å². The average Bonchev–Trinajstić information content (AvgIpc) is 2.67. The Morgan fingerprint density at radius 3 is 3.14 bits per heavy atom. The van der Waals surface area contributed by atoms with Gasteiger partial charge >= 0.3 is 0 Å². The van der Waals surface area contributed by atoms with Crippen LogP contribution in [0.25, 0.3) is 10.1 Å². The lowest BCUT2D eigenvalue weighted by Gasteiger charge is -1.92. The fourth-order valence-electron chi connectivity index (χ4n) is 1.32. The molecule has 1 nitrogen and oxygen atoms in total. The van der Waals surface area contributed by atoms with Crippen LogP contribution < -0.4 is 5.32 Å². The molecule has 0 saturated carbocycles. The molecule has 0 atom stereocenters. The zero-order valence-electron chi connectivity index (χ0n) is 8.00. The third-order valence-electron chi connectivity index (χ3n) is 1.97. The number of hydrogen-bond acceptors (Lipinski definition) is 2. The molecule has 2 aromatic rings. The summed E-state index contributed by atoms with van der Waals surface area (Å²) in [6.45, 7) is 0.738. The lowest BCUT2D eigenvalue weighted by atomic mass is 10.2. The molecule has 0 saturated heterocycles. The molecule has 1 aromatic heterocycles. The van der Waals surface area contributed by atoms with Crippen LogP contribution in [0, 0.1) is 11.8 Å². The van der Waals surface area contributed by atoms with Crippen molar-refractivity contribution in [1.82, 2.24) is 5.32 Å². The van der Waals surface area contributed by atoms with Crippen molar-refractivity contribution in [1.29, 1.82) is 0 Å². The molecule has 0 unspecified atom stereocenters. The number of thiophene rings is 1. The van der Waals surface area contributed by atoms with Crippen molar-refractivity contribution in [2.45, 2.75) is 0 Å². The van der Waals surface area contributed by atoms with Crippen LogP contribution >= 0.6 is 11.3 Å². The Kier molecular flexibility index (Phi) is 2.83. The lowest BCUT2D eigenvalue weighted by molar-refractivity contribution is 0.938. The van der Waals surface area contributed by atoms with Crippen LogP contribution in [0.4, 0.5) is 0 Å². The largest absolute Gasteiger partial charge is 0.309 e. The van der Waals surface area contributed by atoms with Gasteiger partial charge in [0, 0.05) is 10.3 Å². The predicted molar refractivity (Wildman–Crippen MR) is 62.6 cm³/mol. The fraction of sp³-hybridized carbons (Fsp3) is 0.167. The zero-order valence-corrected chi connectivity index (χ0v) is 8.82. The number of nitrogens with one attached hydrogen (secondary N) is 1. The van der Waals surface area contributed by atoms with Gasteiger partial charge in [-0.3, -0.25) is 0 Å². The molecule has 2 heteroatoms. The molecule has 0 radical (unpaired) electrons. The SMILES string of the molecule is CNCC#Cc1cccc2ccsc12. The number of hydrogen-bond donors (Lipinski definition) is 1. The summed E-state index contributed by atoms with van der Waals surface area (Å²) in [6.07, 6.45) is 0. The summed E-state index contributed by atoms with van der Waals surface area (Å²) in [6, 6.07) is 8.37. The van der Waals surface area contributed by atoms with E-state index in [0.717, 1.165) is 12.1 Å². The van der Waals surface area contributed by atoms with Crippen LogP contribution in [0.15, 0.2) is 29.6 Å². The van der Waals surface area contributed by atoms with E-state index in [1.165, 1.54) is 10.1 Å². The molecule has 1 heterocycles. The van der Waals surface area contributed by atoms with E-state index >= 15 is 0 Å². The van der Waals surface area contributed by atoms with Gasteiger partial charge in [-0.15, -0.1) is 11.3 Å². The van der Waals surface area contributed by atoms with Gasteiger partial charge in [-0.2, -0.15) is 0 Å². The van der Waals surface area contributed by atoms with Crippen molar-refractivity contribution >= 4 is 21.4 Å². The molecule has 0 aliphatic heterocycles. The summed E-state index contributed by atoms with van der Waals surface area (Å²) in [5, 5.41) is 6.40. The Morgan fingerprint density at radius 2 is 2.29 bits per heavy atom. The van der Waals surface area contributed by atoms with Crippen LogP contribution in [0.5, 0.6) is 0 Å². The van der Waals surface area contributed by atoms with Crippen LogP contribution in [-0.2, 0) is 0 Å². The number of rotatable bonds is 1. The first-order valence-corrected chi connectivity index (χ1v) is 5.39. The highest BCUT2D eigenvalue weighted by atomic mass is 32.1. The molecule has 0 fully saturated rings. The molecule has 1 N–H and O–H groups in total. The Bertz CT molecular complexity index is 487. The molecule has 1 aromatic carbocycles. The van der Waals surface area contributed by atoms with E-state index in [2.05, 4.69) is 46.8 Å². The summed E-state index contributed by atoms with van der Waals surface area (Å²) in [4.78, 5) is 0. The van der Waals surface area contributed by atoms with Crippen molar-refractivity contribution in [2.75, 3.05) is 13.6 Å². The Balaban J connectivity index is 2.43. The summed E-state index contributed by atoms with van der Waals surface area (Å²) >= 11 is 1.75. The van der Waals surface area contributed by atoms with Gasteiger partial charge in [0.05, 0.1) is 6.54 Å². The predicted octanol–water partition coefficient (Wildman–Crippen LogP) is 2.47. The van der Waals surface area contributed by atoms with Gasteiger partial charge in [-0.25, -0.2) is 0 Å². The molecule has 0 amide bonds. The average molecular weight is 201 g/mol. The lowest BCUT2D eigenvalue weighted by Crippen LogP contribution is -2.04. The summed E-state index contributed by atoms with van der Waals surface area (Å²) in [7, 11) is 1.90. The van der Waals surface area contributed by atoms with E-state index in [1.54, 1.807) is 11.3 Å². The molecule has 70 valence electrons. The summed E-state index contributed by atoms with van der Waals surface area (Å²) in [5.74, 6) is 6.25. The highest BCUT2D eigenvalue weighted by Gasteiger charge is 1.97. The van der Waals surface area contributed by atoms with Crippen molar-refractivity contribution in [3.05, 3.63) is 35.2 Å². The maximum atomic E-state index is 3.17. The minimum atomic E-state index is 0.738. The van der Waals surface area contributed by atoms with Gasteiger partial charge in [-0.1, -0.05) is 24.0 Å². The van der Waals surface area contributed by atoms with Gasteiger partial charge in [-0.05, 0) is 29.9 Å². The fourth-order valence-corrected chi connectivity index (χ4v) is 2.19. The maximum absolute atomic E-state index is 3.17. The standard InChI is InChI=1S/C12H11NS/c1-13-8-3-6-10-4-2-5-11-7-9-14-12(10)11/h2,4-5,7,9,13H,8H2,1H3. The van der Waals surface area contributed by atoms with Gasteiger partial charge < -0.3 is 5.32 Å². The first kappa shape index (κ1) is 9.26. The Morgan fingerprint density at radius 1 is 1.36 bits per heavy atom. The van der Waals surface area contributed by atoms with Crippen molar-refractivity contribution in [2.24, 2.45) is 0 Å². The summed E-state index contributed by atoms with van der Waals surface area (Å²) < 4.78 is 1.29. The van der Waals surface area contributed by atoms with E-state index in [0.29, 0.717) is 0 Å². The molecule has 2 rings (SSSR count). The van der Waals surface area contributed by atoms with Crippen molar-refractivity contribution in [3.8, 4) is 11.8 Å². The topological polar surface area (TPSA) is 12.0 Å². The zero-order chi connectivity index (χ0) is 9.80. The molecule has 0 bridgehead atoms. The molecule has 0 aliphatic carbocycles. The molecular weight excluding hydrogens is 190 g/mol. The summed E-state index contributed by atoms with van der Waals surface area (Å²) in [5.41, 5.74) is 1.13. The Hall–Kier alpha value is -1.30. The third kappa shape index (κ3) is 1.79. The van der Waals surface area contributed by atoms with Crippen LogP contribution in [0.1, 0.15) is 5.56 Å². The normalized spacial score (nSPS) is 9.79. The molecule has 14 heavy (non-hydrogen) atoms. The highest BCUT2D eigenvalue weighted by Crippen LogP contribution is 2.23. The van der Waals surface area contributed by atoms with Gasteiger partial charge in [0.1, 0.15) is 0 Å². The maximum Gasteiger partial charge on any atom is 0.0577 e. The quantitative estimate of drug-likeness (QED) is 0.699.